The Morgan fingerprint density at radius 2 is 1.60 bits per heavy atom. The highest BCUT2D eigenvalue weighted by molar-refractivity contribution is 6.06. The van der Waals surface area contributed by atoms with Crippen LogP contribution in [0, 0.1) is 23.2 Å². The zero-order chi connectivity index (χ0) is 29.9. The van der Waals surface area contributed by atoms with Gasteiger partial charge in [-0.1, -0.05) is 129 Å². The second-order valence-corrected chi connectivity index (χ2v) is 14.3. The van der Waals surface area contributed by atoms with Gasteiger partial charge in [-0.25, -0.2) is 0 Å². The van der Waals surface area contributed by atoms with E-state index >= 15 is 0 Å². The SMILES string of the molecule is CC1(C)C2=CC=CCC2C2C=CC3=C(C=CC4C3c3ccccc3N4C3=CCC(c4cccc5c4oc4ccccc45)C=C3)C21. The van der Waals surface area contributed by atoms with Crippen molar-refractivity contribution in [3.05, 3.63) is 161 Å². The second kappa shape index (κ2) is 9.23. The van der Waals surface area contributed by atoms with E-state index in [2.05, 4.69) is 146 Å². The lowest BCUT2D eigenvalue weighted by Crippen LogP contribution is -2.36. The summed E-state index contributed by atoms with van der Waals surface area (Å²) in [5, 5.41) is 2.40. The third-order valence-corrected chi connectivity index (χ3v) is 11.9. The summed E-state index contributed by atoms with van der Waals surface area (Å²) in [7, 11) is 0. The Kier molecular flexibility index (Phi) is 5.28. The zero-order valence-corrected chi connectivity index (χ0v) is 25.9. The Morgan fingerprint density at radius 1 is 0.778 bits per heavy atom. The van der Waals surface area contributed by atoms with Crippen LogP contribution >= 0.6 is 0 Å². The maximum atomic E-state index is 6.41. The van der Waals surface area contributed by atoms with E-state index in [0.717, 1.165) is 17.6 Å². The number of allylic oxidation sites excluding steroid dienone is 11. The number of rotatable bonds is 2. The fraction of sp³-hybridized carbons (Fsp3) is 0.256. The van der Waals surface area contributed by atoms with Crippen molar-refractivity contribution in [1.29, 1.82) is 0 Å². The van der Waals surface area contributed by atoms with Crippen LogP contribution in [0.1, 0.15) is 49.7 Å². The van der Waals surface area contributed by atoms with E-state index in [9.17, 15) is 0 Å². The van der Waals surface area contributed by atoms with Crippen LogP contribution in [0.3, 0.4) is 0 Å². The number of benzene rings is 3. The van der Waals surface area contributed by atoms with E-state index in [0.29, 0.717) is 23.7 Å². The Hall–Kier alpha value is -4.56. The average molecular weight is 584 g/mol. The molecule has 6 aliphatic rings. The van der Waals surface area contributed by atoms with Gasteiger partial charge in [-0.15, -0.1) is 0 Å². The molecule has 220 valence electrons. The van der Waals surface area contributed by atoms with Crippen molar-refractivity contribution >= 4 is 27.6 Å². The highest BCUT2D eigenvalue weighted by Gasteiger charge is 2.55. The molecular weight excluding hydrogens is 546 g/mol. The first-order valence-corrected chi connectivity index (χ1v) is 16.7. The van der Waals surface area contributed by atoms with Crippen LogP contribution in [0.25, 0.3) is 21.9 Å². The van der Waals surface area contributed by atoms with Crippen LogP contribution in [-0.2, 0) is 0 Å². The van der Waals surface area contributed by atoms with E-state index in [-0.39, 0.29) is 17.4 Å². The molecule has 0 radical (unpaired) electrons. The van der Waals surface area contributed by atoms with Crippen LogP contribution in [0.15, 0.2) is 154 Å². The van der Waals surface area contributed by atoms with Crippen LogP contribution < -0.4 is 4.90 Å². The van der Waals surface area contributed by atoms with Gasteiger partial charge in [0.25, 0.3) is 0 Å². The lowest BCUT2D eigenvalue weighted by atomic mass is 9.65. The third-order valence-electron chi connectivity index (χ3n) is 11.9. The lowest BCUT2D eigenvalue weighted by Gasteiger charge is -2.40. The van der Waals surface area contributed by atoms with E-state index < -0.39 is 0 Å². The maximum absolute atomic E-state index is 6.41. The summed E-state index contributed by atoms with van der Waals surface area (Å²) < 4.78 is 6.41. The van der Waals surface area contributed by atoms with Gasteiger partial charge < -0.3 is 9.32 Å². The highest BCUT2D eigenvalue weighted by Crippen LogP contribution is 2.63. The summed E-state index contributed by atoms with van der Waals surface area (Å²) in [6.07, 6.45) is 26.6. The summed E-state index contributed by atoms with van der Waals surface area (Å²) in [6.45, 7) is 4.99. The van der Waals surface area contributed by atoms with Crippen molar-refractivity contribution in [2.75, 3.05) is 4.90 Å². The van der Waals surface area contributed by atoms with Crippen LogP contribution in [0.2, 0.25) is 0 Å². The Labute approximate surface area is 265 Å². The van der Waals surface area contributed by atoms with Crippen molar-refractivity contribution in [1.82, 2.24) is 0 Å². The van der Waals surface area contributed by atoms with Gasteiger partial charge in [0.05, 0.1) is 6.04 Å². The number of anilines is 1. The van der Waals surface area contributed by atoms with Gasteiger partial charge in [0, 0.05) is 39.6 Å². The van der Waals surface area contributed by atoms with E-state index in [1.807, 2.05) is 0 Å². The molecule has 3 aromatic carbocycles. The molecule has 1 aromatic heterocycles. The Morgan fingerprint density at radius 3 is 2.51 bits per heavy atom. The molecule has 2 nitrogen and oxygen atoms in total. The van der Waals surface area contributed by atoms with E-state index in [1.165, 1.54) is 45.3 Å². The Bertz CT molecular complexity index is 2140. The molecule has 6 atom stereocenters. The standard InChI is InChI=1S/C43H37NO/c1-43(2)36-15-6-3-10-29(36)32-23-22-31-33(41(32)43)24-25-38-40(31)35-12-4-7-16-37(35)44(38)27-20-18-26(19-21-27)28-13-9-14-34-30-11-5-8-17-39(30)45-42(28)34/h3-9,11-18,20-26,29,32,38,40-41H,10,19H2,1-2H3. The molecule has 1 saturated carbocycles. The fourth-order valence-electron chi connectivity index (χ4n) is 10.0. The van der Waals surface area contributed by atoms with Gasteiger partial charge >= 0.3 is 0 Å². The van der Waals surface area contributed by atoms with Crippen molar-refractivity contribution in [2.24, 2.45) is 23.2 Å². The number of furan rings is 1. The van der Waals surface area contributed by atoms with Gasteiger partial charge in [0.1, 0.15) is 11.2 Å². The molecule has 45 heavy (non-hydrogen) atoms. The first-order valence-electron chi connectivity index (χ1n) is 16.7. The van der Waals surface area contributed by atoms with Gasteiger partial charge in [0.2, 0.25) is 0 Å². The molecule has 2 heteroatoms. The minimum Gasteiger partial charge on any atom is -0.456 e. The van der Waals surface area contributed by atoms with Crippen LogP contribution in [-0.4, -0.2) is 6.04 Å². The zero-order valence-electron chi connectivity index (χ0n) is 25.9. The Balaban J connectivity index is 1.01. The average Bonchev–Trinajstić information content (AvgIpc) is 3.71. The molecule has 2 heterocycles. The van der Waals surface area contributed by atoms with Crippen LogP contribution in [0.4, 0.5) is 5.69 Å². The van der Waals surface area contributed by atoms with Crippen molar-refractivity contribution in [2.45, 2.75) is 44.6 Å². The monoisotopic (exact) mass is 583 g/mol. The maximum Gasteiger partial charge on any atom is 0.139 e. The largest absolute Gasteiger partial charge is 0.456 e. The van der Waals surface area contributed by atoms with Crippen molar-refractivity contribution in [3.8, 4) is 0 Å². The number of nitrogens with zero attached hydrogens (tertiary/aromatic N) is 1. The molecular formula is C43H37NO. The molecule has 5 aliphatic carbocycles. The lowest BCUT2D eigenvalue weighted by molar-refractivity contribution is 0.304. The van der Waals surface area contributed by atoms with Crippen molar-refractivity contribution < 1.29 is 4.42 Å². The molecule has 0 bridgehead atoms. The van der Waals surface area contributed by atoms with E-state index in [4.69, 9.17) is 4.42 Å². The van der Waals surface area contributed by atoms with Crippen molar-refractivity contribution in [3.63, 3.8) is 0 Å². The highest BCUT2D eigenvalue weighted by atomic mass is 16.3. The molecule has 4 aromatic rings. The smallest absolute Gasteiger partial charge is 0.139 e. The number of hydrogen-bond donors (Lipinski definition) is 0. The molecule has 1 aliphatic heterocycles. The molecule has 10 rings (SSSR count). The number of hydrogen-bond acceptors (Lipinski definition) is 2. The van der Waals surface area contributed by atoms with Gasteiger partial charge in [-0.05, 0) is 70.9 Å². The summed E-state index contributed by atoms with van der Waals surface area (Å²) >= 11 is 0. The molecule has 0 saturated heterocycles. The van der Waals surface area contributed by atoms with Gasteiger partial charge in [0.15, 0.2) is 0 Å². The topological polar surface area (TPSA) is 16.4 Å². The van der Waals surface area contributed by atoms with Gasteiger partial charge in [-0.2, -0.15) is 0 Å². The number of para-hydroxylation sites is 3. The summed E-state index contributed by atoms with van der Waals surface area (Å²) in [6, 6.07) is 24.4. The summed E-state index contributed by atoms with van der Waals surface area (Å²) in [5.41, 5.74) is 12.3. The third kappa shape index (κ3) is 3.46. The molecule has 6 unspecified atom stereocenters. The number of fused-ring (bicyclic) bond motifs is 11. The predicted molar refractivity (Wildman–Crippen MR) is 185 cm³/mol. The van der Waals surface area contributed by atoms with Gasteiger partial charge in [-0.3, -0.25) is 0 Å². The van der Waals surface area contributed by atoms with E-state index in [1.54, 1.807) is 11.1 Å². The normalized spacial score (nSPS) is 30.2. The van der Waals surface area contributed by atoms with Crippen LogP contribution in [0.5, 0.6) is 0 Å². The molecule has 1 fully saturated rings. The second-order valence-electron chi connectivity index (χ2n) is 14.3. The fourth-order valence-corrected chi connectivity index (χ4v) is 10.0. The minimum atomic E-state index is 0.159. The first kappa shape index (κ1) is 25.7. The molecule has 0 amide bonds. The minimum absolute atomic E-state index is 0.159. The predicted octanol–water partition coefficient (Wildman–Crippen LogP) is 10.7. The summed E-state index contributed by atoms with van der Waals surface area (Å²) in [4.78, 5) is 2.61. The first-order chi connectivity index (χ1) is 22.1. The molecule has 0 N–H and O–H groups in total. The summed E-state index contributed by atoms with van der Waals surface area (Å²) in [5.74, 6) is 2.39. The quantitative estimate of drug-likeness (QED) is 0.233. The molecule has 0 spiro atoms.